The summed E-state index contributed by atoms with van der Waals surface area (Å²) in [5.74, 6) is 2.15. The van der Waals surface area contributed by atoms with Gasteiger partial charge in [0, 0.05) is 38.1 Å². The molecule has 5 nitrogen and oxygen atoms in total. The molecule has 0 aromatic carbocycles. The van der Waals surface area contributed by atoms with Crippen molar-refractivity contribution >= 4 is 29.9 Å². The highest BCUT2D eigenvalue weighted by atomic mass is 127. The molecule has 1 saturated carbocycles. The van der Waals surface area contributed by atoms with Crippen LogP contribution in [0.3, 0.4) is 0 Å². The fraction of sp³-hybridized carbons (Fsp3) is 0.737. The standard InChI is InChI=1S/C19H30N4O.HI/c1-2-11-22(12-3-1)17-9-13-23(15-17)19(21-16-6-7-16)20-10-8-18-5-4-14-24-18;/h4-5,14,16-17H,1-3,6-13,15H2,(H,20,21);1H. The van der Waals surface area contributed by atoms with Crippen LogP contribution in [0.4, 0.5) is 0 Å². The fourth-order valence-electron chi connectivity index (χ4n) is 3.89. The van der Waals surface area contributed by atoms with Crippen LogP contribution in [-0.2, 0) is 6.42 Å². The highest BCUT2D eigenvalue weighted by molar-refractivity contribution is 14.0. The zero-order valence-corrected chi connectivity index (χ0v) is 17.4. The van der Waals surface area contributed by atoms with Crippen LogP contribution in [0.1, 0.15) is 44.3 Å². The first-order chi connectivity index (χ1) is 11.9. The Morgan fingerprint density at radius 3 is 2.72 bits per heavy atom. The van der Waals surface area contributed by atoms with Gasteiger partial charge in [0.2, 0.25) is 0 Å². The second-order valence-electron chi connectivity index (χ2n) is 7.44. The van der Waals surface area contributed by atoms with Gasteiger partial charge >= 0.3 is 0 Å². The van der Waals surface area contributed by atoms with Crippen molar-refractivity contribution in [3.8, 4) is 0 Å². The van der Waals surface area contributed by atoms with Crippen molar-refractivity contribution in [2.45, 2.75) is 57.0 Å². The molecule has 1 aliphatic carbocycles. The third-order valence-electron chi connectivity index (χ3n) is 5.48. The Bertz CT molecular complexity index is 538. The second-order valence-corrected chi connectivity index (χ2v) is 7.44. The quantitative estimate of drug-likeness (QED) is 0.419. The van der Waals surface area contributed by atoms with Gasteiger partial charge < -0.3 is 14.6 Å². The van der Waals surface area contributed by atoms with Crippen molar-refractivity contribution in [2.24, 2.45) is 4.99 Å². The van der Waals surface area contributed by atoms with E-state index in [-0.39, 0.29) is 24.0 Å². The Balaban J connectivity index is 0.00000182. The Morgan fingerprint density at radius 1 is 1.16 bits per heavy atom. The predicted molar refractivity (Wildman–Crippen MR) is 112 cm³/mol. The topological polar surface area (TPSA) is 44.0 Å². The first-order valence-electron chi connectivity index (χ1n) is 9.71. The fourth-order valence-corrected chi connectivity index (χ4v) is 3.89. The maximum absolute atomic E-state index is 5.42. The minimum atomic E-state index is 0. The van der Waals surface area contributed by atoms with E-state index in [1.165, 1.54) is 51.6 Å². The summed E-state index contributed by atoms with van der Waals surface area (Å²) in [5.41, 5.74) is 0. The van der Waals surface area contributed by atoms with E-state index in [9.17, 15) is 0 Å². The van der Waals surface area contributed by atoms with Crippen LogP contribution in [0, 0.1) is 0 Å². The van der Waals surface area contributed by atoms with Gasteiger partial charge in [-0.15, -0.1) is 24.0 Å². The largest absolute Gasteiger partial charge is 0.469 e. The van der Waals surface area contributed by atoms with Gasteiger partial charge in [0.1, 0.15) is 5.76 Å². The highest BCUT2D eigenvalue weighted by Crippen LogP contribution is 2.23. The maximum Gasteiger partial charge on any atom is 0.194 e. The summed E-state index contributed by atoms with van der Waals surface area (Å²) in [4.78, 5) is 10.1. The summed E-state index contributed by atoms with van der Waals surface area (Å²) in [7, 11) is 0. The van der Waals surface area contributed by atoms with Gasteiger partial charge in [-0.05, 0) is 57.3 Å². The average Bonchev–Trinajstić information content (AvgIpc) is 3.10. The molecule has 1 N–H and O–H groups in total. The van der Waals surface area contributed by atoms with Crippen molar-refractivity contribution in [1.29, 1.82) is 0 Å². The summed E-state index contributed by atoms with van der Waals surface area (Å²) in [5, 5.41) is 3.66. The maximum atomic E-state index is 5.42. The van der Waals surface area contributed by atoms with Crippen LogP contribution in [0.15, 0.2) is 27.8 Å². The molecule has 2 aliphatic heterocycles. The van der Waals surface area contributed by atoms with E-state index < -0.39 is 0 Å². The van der Waals surface area contributed by atoms with Crippen LogP contribution < -0.4 is 5.32 Å². The number of nitrogens with one attached hydrogen (secondary N) is 1. The first-order valence-corrected chi connectivity index (χ1v) is 9.71. The lowest BCUT2D eigenvalue weighted by atomic mass is 10.1. The van der Waals surface area contributed by atoms with Crippen molar-refractivity contribution in [2.75, 3.05) is 32.7 Å². The number of hydrogen-bond donors (Lipinski definition) is 1. The Hall–Kier alpha value is -0.760. The van der Waals surface area contributed by atoms with Crippen LogP contribution >= 0.6 is 24.0 Å². The predicted octanol–water partition coefficient (Wildman–Crippen LogP) is 3.11. The normalized spacial score (nSPS) is 25.0. The molecule has 0 amide bonds. The Morgan fingerprint density at radius 2 is 2.00 bits per heavy atom. The number of hydrogen-bond acceptors (Lipinski definition) is 3. The van der Waals surface area contributed by atoms with Crippen LogP contribution in [0.25, 0.3) is 0 Å². The van der Waals surface area contributed by atoms with Crippen molar-refractivity contribution in [3.05, 3.63) is 24.2 Å². The van der Waals surface area contributed by atoms with Gasteiger partial charge in [-0.25, -0.2) is 0 Å². The molecule has 4 rings (SSSR count). The first kappa shape index (κ1) is 19.0. The average molecular weight is 458 g/mol. The highest BCUT2D eigenvalue weighted by Gasteiger charge is 2.32. The molecular weight excluding hydrogens is 427 g/mol. The minimum Gasteiger partial charge on any atom is -0.469 e. The van der Waals surface area contributed by atoms with E-state index in [2.05, 4.69) is 15.1 Å². The molecular formula is C19H31IN4O. The number of nitrogens with zero attached hydrogens (tertiary/aromatic N) is 3. The molecule has 6 heteroatoms. The molecule has 0 bridgehead atoms. The van der Waals surface area contributed by atoms with E-state index in [1.807, 2.05) is 12.1 Å². The third kappa shape index (κ3) is 5.36. The molecule has 140 valence electrons. The van der Waals surface area contributed by atoms with Crippen molar-refractivity contribution < 1.29 is 4.42 Å². The number of guanidine groups is 1. The number of rotatable bonds is 5. The van der Waals surface area contributed by atoms with Crippen LogP contribution in [-0.4, -0.2) is 60.6 Å². The zero-order valence-electron chi connectivity index (χ0n) is 15.0. The molecule has 2 saturated heterocycles. The lowest BCUT2D eigenvalue weighted by Crippen LogP contribution is -2.45. The van der Waals surface area contributed by atoms with Crippen molar-refractivity contribution in [1.82, 2.24) is 15.1 Å². The minimum absolute atomic E-state index is 0. The van der Waals surface area contributed by atoms with Crippen LogP contribution in [0.2, 0.25) is 0 Å². The van der Waals surface area contributed by atoms with E-state index in [0.717, 1.165) is 43.8 Å². The number of piperidine rings is 1. The number of likely N-dealkylation sites (tertiary alicyclic amines) is 2. The summed E-state index contributed by atoms with van der Waals surface area (Å²) in [6, 6.07) is 5.36. The van der Waals surface area contributed by atoms with Crippen LogP contribution in [0.5, 0.6) is 0 Å². The smallest absolute Gasteiger partial charge is 0.194 e. The molecule has 1 unspecified atom stereocenters. The molecule has 3 heterocycles. The monoisotopic (exact) mass is 458 g/mol. The number of furan rings is 1. The Labute approximate surface area is 168 Å². The molecule has 0 spiro atoms. The molecule has 1 aromatic heterocycles. The van der Waals surface area contributed by atoms with Gasteiger partial charge in [-0.1, -0.05) is 6.42 Å². The second kappa shape index (κ2) is 9.26. The molecule has 3 fully saturated rings. The summed E-state index contributed by atoms with van der Waals surface area (Å²) < 4.78 is 5.42. The zero-order chi connectivity index (χ0) is 16.2. The SMILES string of the molecule is I.c1coc(CCN=C(NC2CC2)N2CCC(N3CCCCC3)C2)c1. The van der Waals surface area contributed by atoms with E-state index in [1.54, 1.807) is 6.26 Å². The van der Waals surface area contributed by atoms with E-state index in [4.69, 9.17) is 9.41 Å². The molecule has 0 radical (unpaired) electrons. The lowest BCUT2D eigenvalue weighted by Gasteiger charge is -2.32. The molecule has 1 aromatic rings. The lowest BCUT2D eigenvalue weighted by molar-refractivity contribution is 0.168. The summed E-state index contributed by atoms with van der Waals surface area (Å²) >= 11 is 0. The summed E-state index contributed by atoms with van der Waals surface area (Å²) in [6.45, 7) is 5.66. The van der Waals surface area contributed by atoms with E-state index >= 15 is 0 Å². The van der Waals surface area contributed by atoms with Crippen molar-refractivity contribution in [3.63, 3.8) is 0 Å². The van der Waals surface area contributed by atoms with Gasteiger partial charge in [-0.3, -0.25) is 9.89 Å². The number of halogens is 1. The number of aliphatic imine (C=N–C) groups is 1. The molecule has 3 aliphatic rings. The molecule has 1 atom stereocenters. The van der Waals surface area contributed by atoms with Gasteiger partial charge in [0.05, 0.1) is 6.26 Å². The van der Waals surface area contributed by atoms with Gasteiger partial charge in [-0.2, -0.15) is 0 Å². The van der Waals surface area contributed by atoms with Gasteiger partial charge in [0.15, 0.2) is 5.96 Å². The molecule has 25 heavy (non-hydrogen) atoms. The van der Waals surface area contributed by atoms with E-state index in [0.29, 0.717) is 6.04 Å². The Kier molecular flexibility index (Phi) is 7.04. The third-order valence-corrected chi connectivity index (χ3v) is 5.48. The van der Waals surface area contributed by atoms with Gasteiger partial charge in [0.25, 0.3) is 0 Å². The summed E-state index contributed by atoms with van der Waals surface area (Å²) in [6.07, 6.45) is 10.7.